The number of piperidine rings is 2. The predicted molar refractivity (Wildman–Crippen MR) is 173 cm³/mol. The molecule has 2 saturated heterocycles. The average Bonchev–Trinajstić information content (AvgIpc) is 3.46. The average molecular weight is 598 g/mol. The minimum Gasteiger partial charge on any atom is -0.385 e. The van der Waals surface area contributed by atoms with E-state index in [1.165, 1.54) is 5.56 Å². The van der Waals surface area contributed by atoms with Crippen LogP contribution >= 0.6 is 0 Å². The van der Waals surface area contributed by atoms with Gasteiger partial charge in [0.15, 0.2) is 5.65 Å². The number of aryl methyl sites for hydroxylation is 1. The van der Waals surface area contributed by atoms with Crippen LogP contribution in [0.2, 0.25) is 0 Å². The number of benzene rings is 2. The number of nitrogens with one attached hydrogen (secondary N) is 1. The molecule has 2 aliphatic heterocycles. The normalized spacial score (nSPS) is 17.6. The number of nitrogens with zero attached hydrogens (tertiary/aromatic N) is 6. The first kappa shape index (κ1) is 30.1. The van der Waals surface area contributed by atoms with Crippen molar-refractivity contribution in [3.63, 3.8) is 0 Å². The van der Waals surface area contributed by atoms with E-state index in [1.807, 2.05) is 53.6 Å². The molecule has 10 heteroatoms. The highest BCUT2D eigenvalue weighted by Crippen LogP contribution is 2.35. The fourth-order valence-corrected chi connectivity index (χ4v) is 6.40. The Balaban J connectivity index is 1.13. The molecule has 4 heterocycles. The van der Waals surface area contributed by atoms with Gasteiger partial charge in [-0.3, -0.25) is 4.79 Å². The second-order valence-corrected chi connectivity index (χ2v) is 12.2. The van der Waals surface area contributed by atoms with Crippen molar-refractivity contribution in [2.75, 3.05) is 63.7 Å². The highest BCUT2D eigenvalue weighted by atomic mass is 16.5. The summed E-state index contributed by atoms with van der Waals surface area (Å²) in [5.74, 6) is 0.521. The van der Waals surface area contributed by atoms with Crippen LogP contribution in [0.15, 0.2) is 66.9 Å². The summed E-state index contributed by atoms with van der Waals surface area (Å²) in [6, 6.07) is 20.0. The van der Waals surface area contributed by atoms with Crippen LogP contribution in [0.1, 0.15) is 47.2 Å². The lowest BCUT2D eigenvalue weighted by Crippen LogP contribution is -2.47. The van der Waals surface area contributed by atoms with Gasteiger partial charge in [0.05, 0.1) is 17.9 Å². The first-order valence-corrected chi connectivity index (χ1v) is 15.6. The van der Waals surface area contributed by atoms with Crippen LogP contribution in [-0.4, -0.2) is 94.9 Å². The Morgan fingerprint density at radius 3 is 2.43 bits per heavy atom. The van der Waals surface area contributed by atoms with Crippen molar-refractivity contribution >= 4 is 28.9 Å². The van der Waals surface area contributed by atoms with E-state index in [4.69, 9.17) is 9.72 Å². The molecule has 232 valence electrons. The fourth-order valence-electron chi connectivity index (χ4n) is 6.40. The van der Waals surface area contributed by atoms with Gasteiger partial charge in [-0.25, -0.2) is 4.52 Å². The lowest BCUT2D eigenvalue weighted by atomic mass is 9.84. The second-order valence-electron chi connectivity index (χ2n) is 12.2. The van der Waals surface area contributed by atoms with Gasteiger partial charge in [0.2, 0.25) is 5.95 Å². The molecule has 0 aliphatic carbocycles. The van der Waals surface area contributed by atoms with Gasteiger partial charge in [-0.15, -0.1) is 5.10 Å². The minimum atomic E-state index is -0.822. The minimum absolute atomic E-state index is 0.0365. The van der Waals surface area contributed by atoms with Crippen molar-refractivity contribution in [1.29, 1.82) is 0 Å². The zero-order chi connectivity index (χ0) is 30.7. The van der Waals surface area contributed by atoms with Crippen molar-refractivity contribution in [3.8, 4) is 0 Å². The van der Waals surface area contributed by atoms with Gasteiger partial charge in [0.25, 0.3) is 5.91 Å². The number of amides is 1. The Labute approximate surface area is 259 Å². The van der Waals surface area contributed by atoms with Crippen LogP contribution in [0, 0.1) is 6.92 Å². The van der Waals surface area contributed by atoms with Crippen molar-refractivity contribution in [2.24, 2.45) is 0 Å². The molecule has 4 aromatic rings. The number of hydrogen-bond donors (Lipinski definition) is 2. The molecule has 44 heavy (non-hydrogen) atoms. The summed E-state index contributed by atoms with van der Waals surface area (Å²) >= 11 is 0. The molecule has 2 aromatic carbocycles. The molecule has 0 spiro atoms. The maximum Gasteiger partial charge on any atom is 0.254 e. The van der Waals surface area contributed by atoms with Crippen LogP contribution in [0.25, 0.3) is 5.65 Å². The largest absolute Gasteiger partial charge is 0.385 e. The highest BCUT2D eigenvalue weighted by Gasteiger charge is 2.34. The number of carbonyl (C=O) groups excluding carboxylic acids is 1. The number of carbonyl (C=O) groups is 1. The summed E-state index contributed by atoms with van der Waals surface area (Å²) in [7, 11) is 3.80. The smallest absolute Gasteiger partial charge is 0.254 e. The van der Waals surface area contributed by atoms with E-state index >= 15 is 0 Å². The van der Waals surface area contributed by atoms with Crippen LogP contribution in [0.5, 0.6) is 0 Å². The molecule has 0 radical (unpaired) electrons. The standard InChI is InChI=1S/C34H43N7O3/c1-25-6-10-27(11-7-25)34(43)16-21-39(22-17-34)30-5-4-18-41-31(30)36-33(37-41)35-28-12-8-26(9-13-28)32(42)40(23-24-44-3)29-14-19-38(2)20-15-29/h4-13,18,29,43H,14-17,19-24H2,1-3H3,(H,35,37). The molecule has 0 unspecified atom stereocenters. The Kier molecular flexibility index (Phi) is 8.83. The number of aromatic nitrogens is 3. The Morgan fingerprint density at radius 2 is 1.75 bits per heavy atom. The van der Waals surface area contributed by atoms with Gasteiger partial charge in [0.1, 0.15) is 0 Å². The van der Waals surface area contributed by atoms with Gasteiger partial charge in [0, 0.05) is 50.2 Å². The molecule has 2 N–H and O–H groups in total. The van der Waals surface area contributed by atoms with Crippen molar-refractivity contribution in [2.45, 2.75) is 44.2 Å². The van der Waals surface area contributed by atoms with E-state index in [2.05, 4.69) is 52.4 Å². The number of anilines is 3. The van der Waals surface area contributed by atoms with Gasteiger partial charge in [-0.05, 0) is 94.7 Å². The summed E-state index contributed by atoms with van der Waals surface area (Å²) in [6.45, 7) is 6.58. The molecular formula is C34H43N7O3. The zero-order valence-corrected chi connectivity index (χ0v) is 25.9. The van der Waals surface area contributed by atoms with E-state index in [0.29, 0.717) is 50.6 Å². The molecule has 0 atom stereocenters. The van der Waals surface area contributed by atoms with Crippen LogP contribution in [0.3, 0.4) is 0 Å². The molecule has 2 aromatic heterocycles. The number of fused-ring (bicyclic) bond motifs is 1. The topological polar surface area (TPSA) is 98.5 Å². The van der Waals surface area contributed by atoms with E-state index < -0.39 is 5.60 Å². The molecule has 6 rings (SSSR count). The number of hydrogen-bond acceptors (Lipinski definition) is 8. The number of ether oxygens (including phenoxy) is 1. The summed E-state index contributed by atoms with van der Waals surface area (Å²) < 4.78 is 7.10. The molecule has 10 nitrogen and oxygen atoms in total. The number of methoxy groups -OCH3 is 1. The van der Waals surface area contributed by atoms with Gasteiger partial charge < -0.3 is 29.9 Å². The molecular weight excluding hydrogens is 554 g/mol. The van der Waals surface area contributed by atoms with Gasteiger partial charge in [-0.2, -0.15) is 4.98 Å². The number of pyridine rings is 1. The van der Waals surface area contributed by atoms with Crippen molar-refractivity contribution in [1.82, 2.24) is 24.4 Å². The lowest BCUT2D eigenvalue weighted by molar-refractivity contribution is 0.0118. The fraction of sp³-hybridized carbons (Fsp3) is 0.441. The predicted octanol–water partition coefficient (Wildman–Crippen LogP) is 4.45. The lowest BCUT2D eigenvalue weighted by Gasteiger charge is -2.39. The third kappa shape index (κ3) is 6.43. The quantitative estimate of drug-likeness (QED) is 0.292. The first-order chi connectivity index (χ1) is 21.3. The Morgan fingerprint density at radius 1 is 1.05 bits per heavy atom. The molecule has 2 fully saturated rings. The SMILES string of the molecule is COCCN(C(=O)c1ccc(Nc2nc3c(N4CCC(O)(c5ccc(C)cc5)CC4)cccn3n2)cc1)C1CCN(C)CC1. The monoisotopic (exact) mass is 597 g/mol. The molecule has 0 saturated carbocycles. The Bertz CT molecular complexity index is 1550. The first-order valence-electron chi connectivity index (χ1n) is 15.6. The van der Waals surface area contributed by atoms with Crippen LogP contribution < -0.4 is 10.2 Å². The maximum atomic E-state index is 13.5. The van der Waals surface area contributed by atoms with E-state index in [0.717, 1.165) is 48.5 Å². The molecule has 2 aliphatic rings. The summed E-state index contributed by atoms with van der Waals surface area (Å²) in [5, 5.41) is 19.3. The van der Waals surface area contributed by atoms with E-state index in [9.17, 15) is 9.90 Å². The Hall–Kier alpha value is -3.99. The van der Waals surface area contributed by atoms with Crippen LogP contribution in [-0.2, 0) is 10.3 Å². The van der Waals surface area contributed by atoms with Gasteiger partial charge in [-0.1, -0.05) is 29.8 Å². The van der Waals surface area contributed by atoms with Crippen molar-refractivity contribution in [3.05, 3.63) is 83.6 Å². The van der Waals surface area contributed by atoms with Crippen molar-refractivity contribution < 1.29 is 14.6 Å². The second kappa shape index (κ2) is 12.9. The van der Waals surface area contributed by atoms with Crippen LogP contribution in [0.4, 0.5) is 17.3 Å². The summed E-state index contributed by atoms with van der Waals surface area (Å²) in [6.07, 6.45) is 5.11. The third-order valence-electron chi connectivity index (χ3n) is 9.18. The zero-order valence-electron chi connectivity index (χ0n) is 25.9. The number of aliphatic hydroxyl groups is 1. The highest BCUT2D eigenvalue weighted by molar-refractivity contribution is 5.95. The molecule has 1 amide bonds. The van der Waals surface area contributed by atoms with E-state index in [-0.39, 0.29) is 11.9 Å². The van der Waals surface area contributed by atoms with E-state index in [1.54, 1.807) is 11.6 Å². The summed E-state index contributed by atoms with van der Waals surface area (Å²) in [4.78, 5) is 24.9. The number of likely N-dealkylation sites (tertiary alicyclic amines) is 1. The maximum absolute atomic E-state index is 13.5. The molecule has 0 bridgehead atoms. The number of rotatable bonds is 9. The summed E-state index contributed by atoms with van der Waals surface area (Å²) in [5.41, 5.74) is 4.56. The van der Waals surface area contributed by atoms with Gasteiger partial charge >= 0.3 is 0 Å². The third-order valence-corrected chi connectivity index (χ3v) is 9.18.